The van der Waals surface area contributed by atoms with Crippen LogP contribution in [0.1, 0.15) is 36.7 Å². The van der Waals surface area contributed by atoms with Crippen molar-refractivity contribution in [2.24, 2.45) is 0 Å². The Labute approximate surface area is 119 Å². The van der Waals surface area contributed by atoms with Crippen LogP contribution in [0.2, 0.25) is 0 Å². The number of hydrogen-bond acceptors (Lipinski definition) is 5. The topological polar surface area (TPSA) is 65.4 Å². The third-order valence-corrected chi connectivity index (χ3v) is 3.46. The van der Waals surface area contributed by atoms with E-state index in [-0.39, 0.29) is 18.5 Å². The summed E-state index contributed by atoms with van der Waals surface area (Å²) in [6.07, 6.45) is 4.60. The van der Waals surface area contributed by atoms with Crippen molar-refractivity contribution in [3.63, 3.8) is 0 Å². The van der Waals surface area contributed by atoms with Gasteiger partial charge in [0.15, 0.2) is 5.75 Å². The van der Waals surface area contributed by atoms with Gasteiger partial charge >= 0.3 is 0 Å². The van der Waals surface area contributed by atoms with E-state index in [4.69, 9.17) is 9.47 Å². The second kappa shape index (κ2) is 7.40. The quantitative estimate of drug-likeness (QED) is 0.762. The van der Waals surface area contributed by atoms with Gasteiger partial charge in [0, 0.05) is 6.54 Å². The highest BCUT2D eigenvalue weighted by Gasteiger charge is 2.21. The zero-order chi connectivity index (χ0) is 14.4. The molecule has 1 saturated heterocycles. The van der Waals surface area contributed by atoms with E-state index in [2.05, 4.69) is 10.4 Å². The summed E-state index contributed by atoms with van der Waals surface area (Å²) >= 11 is 0. The first-order valence-corrected chi connectivity index (χ1v) is 7.21. The Morgan fingerprint density at radius 1 is 1.50 bits per heavy atom. The molecular weight excluding hydrogens is 258 g/mol. The number of aryl methyl sites for hydroxylation is 1. The second-order valence-corrected chi connectivity index (χ2v) is 4.97. The molecule has 6 heteroatoms. The summed E-state index contributed by atoms with van der Waals surface area (Å²) in [6, 6.07) is 0. The Bertz CT molecular complexity index is 439. The van der Waals surface area contributed by atoms with Crippen LogP contribution in [-0.4, -0.2) is 48.5 Å². The van der Waals surface area contributed by atoms with Crippen LogP contribution >= 0.6 is 0 Å². The Morgan fingerprint density at radius 2 is 2.25 bits per heavy atom. The van der Waals surface area contributed by atoms with Crippen LogP contribution in [0, 0.1) is 0 Å². The molecule has 20 heavy (non-hydrogen) atoms. The maximum absolute atomic E-state index is 12.3. The van der Waals surface area contributed by atoms with E-state index in [9.17, 15) is 4.79 Å². The van der Waals surface area contributed by atoms with Crippen molar-refractivity contribution in [3.8, 4) is 5.75 Å². The van der Waals surface area contributed by atoms with Crippen LogP contribution in [0.3, 0.4) is 0 Å². The van der Waals surface area contributed by atoms with Crippen LogP contribution in [0.15, 0.2) is 6.20 Å². The number of nitrogens with zero attached hydrogens (tertiary/aromatic N) is 2. The summed E-state index contributed by atoms with van der Waals surface area (Å²) in [4.78, 5) is 12.3. The second-order valence-electron chi connectivity index (χ2n) is 4.97. The molecule has 0 aliphatic carbocycles. The molecule has 0 unspecified atom stereocenters. The third kappa shape index (κ3) is 3.58. The van der Waals surface area contributed by atoms with Gasteiger partial charge in [0.05, 0.1) is 19.4 Å². The molecule has 0 atom stereocenters. The number of Topliss-reactive ketones (excluding diaryl/α,β-unsaturated/α-hetero) is 1. The molecule has 0 bridgehead atoms. The minimum atomic E-state index is -0.0636. The molecular formula is C14H23N3O3. The number of rotatable bonds is 7. The van der Waals surface area contributed by atoms with Gasteiger partial charge in [-0.2, -0.15) is 5.10 Å². The van der Waals surface area contributed by atoms with Gasteiger partial charge in [0.1, 0.15) is 12.3 Å². The van der Waals surface area contributed by atoms with E-state index in [1.54, 1.807) is 18.0 Å². The number of hydrogen-bond donors (Lipinski definition) is 1. The zero-order valence-corrected chi connectivity index (χ0v) is 12.2. The molecule has 1 aromatic heterocycles. The minimum absolute atomic E-state index is 0.0636. The molecule has 1 aliphatic rings. The van der Waals surface area contributed by atoms with Crippen LogP contribution in [0.4, 0.5) is 0 Å². The predicted octanol–water partition coefficient (Wildman–Crippen LogP) is 1.25. The van der Waals surface area contributed by atoms with Gasteiger partial charge in [-0.15, -0.1) is 0 Å². The van der Waals surface area contributed by atoms with Gasteiger partial charge in [0.25, 0.3) is 0 Å². The number of aromatic nitrogens is 2. The molecule has 0 spiro atoms. The minimum Gasteiger partial charge on any atom is -0.493 e. The Balaban J connectivity index is 1.98. The normalized spacial score (nSPS) is 16.3. The number of piperidine rings is 1. The zero-order valence-electron chi connectivity index (χ0n) is 12.2. The highest BCUT2D eigenvalue weighted by atomic mass is 16.5. The Hall–Kier alpha value is -1.40. The molecule has 1 N–H and O–H groups in total. The largest absolute Gasteiger partial charge is 0.493 e. The molecule has 0 amide bonds. The fourth-order valence-electron chi connectivity index (χ4n) is 2.40. The SMILES string of the molecule is CCCn1ncc(OC)c1C(=O)COC1CCNCC1. The summed E-state index contributed by atoms with van der Waals surface area (Å²) in [5.41, 5.74) is 0.517. The summed E-state index contributed by atoms with van der Waals surface area (Å²) in [7, 11) is 1.55. The van der Waals surface area contributed by atoms with Gasteiger partial charge in [-0.25, -0.2) is 0 Å². The fraction of sp³-hybridized carbons (Fsp3) is 0.714. The van der Waals surface area contributed by atoms with Crippen molar-refractivity contribution >= 4 is 5.78 Å². The monoisotopic (exact) mass is 281 g/mol. The van der Waals surface area contributed by atoms with Crippen molar-refractivity contribution < 1.29 is 14.3 Å². The summed E-state index contributed by atoms with van der Waals surface area (Å²) in [5, 5.41) is 7.47. The average molecular weight is 281 g/mol. The van der Waals surface area contributed by atoms with Crippen molar-refractivity contribution in [1.29, 1.82) is 0 Å². The van der Waals surface area contributed by atoms with E-state index >= 15 is 0 Å². The molecule has 6 nitrogen and oxygen atoms in total. The lowest BCUT2D eigenvalue weighted by molar-refractivity contribution is 0.0310. The molecule has 1 aliphatic heterocycles. The van der Waals surface area contributed by atoms with Crippen molar-refractivity contribution in [1.82, 2.24) is 15.1 Å². The fourth-order valence-corrected chi connectivity index (χ4v) is 2.40. The van der Waals surface area contributed by atoms with E-state index in [0.717, 1.165) is 32.4 Å². The predicted molar refractivity (Wildman–Crippen MR) is 75.2 cm³/mol. The maximum Gasteiger partial charge on any atom is 0.210 e. The maximum atomic E-state index is 12.3. The average Bonchev–Trinajstić information content (AvgIpc) is 2.89. The number of carbonyl (C=O) groups excluding carboxylic acids is 1. The highest BCUT2D eigenvalue weighted by molar-refractivity contribution is 5.98. The van der Waals surface area contributed by atoms with Crippen LogP contribution < -0.4 is 10.1 Å². The van der Waals surface area contributed by atoms with Crippen molar-refractivity contribution in [3.05, 3.63) is 11.9 Å². The Kier molecular flexibility index (Phi) is 5.55. The number of methoxy groups -OCH3 is 1. The number of nitrogens with one attached hydrogen (secondary N) is 1. The van der Waals surface area contributed by atoms with Crippen LogP contribution in [0.25, 0.3) is 0 Å². The van der Waals surface area contributed by atoms with E-state index in [1.165, 1.54) is 0 Å². The summed E-state index contributed by atoms with van der Waals surface area (Å²) in [6.45, 7) is 4.76. The lowest BCUT2D eigenvalue weighted by atomic mass is 10.1. The first kappa shape index (κ1) is 15.0. The lowest BCUT2D eigenvalue weighted by Gasteiger charge is -2.22. The van der Waals surface area contributed by atoms with E-state index < -0.39 is 0 Å². The Morgan fingerprint density at radius 3 is 2.90 bits per heavy atom. The van der Waals surface area contributed by atoms with Gasteiger partial charge in [-0.3, -0.25) is 9.48 Å². The number of carbonyl (C=O) groups is 1. The highest BCUT2D eigenvalue weighted by Crippen LogP contribution is 2.19. The van der Waals surface area contributed by atoms with Gasteiger partial charge in [-0.05, 0) is 32.4 Å². The van der Waals surface area contributed by atoms with Crippen molar-refractivity contribution in [2.75, 3.05) is 26.8 Å². The molecule has 2 heterocycles. The molecule has 0 radical (unpaired) electrons. The number of ketones is 1. The van der Waals surface area contributed by atoms with Crippen molar-refractivity contribution in [2.45, 2.75) is 38.8 Å². The molecule has 0 saturated carbocycles. The smallest absolute Gasteiger partial charge is 0.210 e. The summed E-state index contributed by atoms with van der Waals surface area (Å²) in [5.74, 6) is 0.462. The standard InChI is InChI=1S/C14H23N3O3/c1-3-8-17-14(13(19-2)9-16-17)12(18)10-20-11-4-6-15-7-5-11/h9,11,15H,3-8,10H2,1-2H3. The first-order chi connectivity index (χ1) is 9.76. The molecule has 112 valence electrons. The lowest BCUT2D eigenvalue weighted by Crippen LogP contribution is -2.33. The molecule has 2 rings (SSSR count). The van der Waals surface area contributed by atoms with Gasteiger partial charge in [-0.1, -0.05) is 6.92 Å². The third-order valence-electron chi connectivity index (χ3n) is 3.46. The molecule has 0 aromatic carbocycles. The van der Waals surface area contributed by atoms with E-state index in [0.29, 0.717) is 18.0 Å². The van der Waals surface area contributed by atoms with E-state index in [1.807, 2.05) is 6.92 Å². The van der Waals surface area contributed by atoms with Gasteiger partial charge < -0.3 is 14.8 Å². The van der Waals surface area contributed by atoms with Gasteiger partial charge in [0.2, 0.25) is 5.78 Å². The molecule has 1 aromatic rings. The van der Waals surface area contributed by atoms with Crippen LogP contribution in [0.5, 0.6) is 5.75 Å². The van der Waals surface area contributed by atoms with Crippen LogP contribution in [-0.2, 0) is 11.3 Å². The molecule has 1 fully saturated rings. The number of ether oxygens (including phenoxy) is 2. The first-order valence-electron chi connectivity index (χ1n) is 7.21. The summed E-state index contributed by atoms with van der Waals surface area (Å²) < 4.78 is 12.6.